The zero-order chi connectivity index (χ0) is 25.8. The highest BCUT2D eigenvalue weighted by molar-refractivity contribution is 9.10. The number of benzene rings is 2. The molecule has 0 aliphatic carbocycles. The van der Waals surface area contributed by atoms with Gasteiger partial charge in [-0.1, -0.05) is 75.7 Å². The van der Waals surface area contributed by atoms with E-state index in [-0.39, 0.29) is 10.8 Å². The summed E-state index contributed by atoms with van der Waals surface area (Å²) in [6, 6.07) is 18.0. The Bertz CT molecular complexity index is 1590. The molecule has 5 heteroatoms. The third-order valence-corrected chi connectivity index (χ3v) is 7.26. The van der Waals surface area contributed by atoms with Crippen molar-refractivity contribution >= 4 is 37.7 Å². The number of aromatic nitrogens is 3. The Kier molecular flexibility index (Phi) is 6.03. The molecule has 3 aromatic heterocycles. The van der Waals surface area contributed by atoms with Crippen molar-refractivity contribution in [2.75, 3.05) is 0 Å². The Morgan fingerprint density at radius 1 is 0.750 bits per heavy atom. The van der Waals surface area contributed by atoms with E-state index in [2.05, 4.69) is 85.2 Å². The second-order valence-electron chi connectivity index (χ2n) is 11.5. The predicted molar refractivity (Wildman–Crippen MR) is 151 cm³/mol. The highest BCUT2D eigenvalue weighted by atomic mass is 79.9. The van der Waals surface area contributed by atoms with Gasteiger partial charge in [0.25, 0.3) is 0 Å². The monoisotopic (exact) mass is 543 g/mol. The number of rotatable bonds is 3. The Labute approximate surface area is 220 Å². The van der Waals surface area contributed by atoms with Crippen LogP contribution in [0.1, 0.15) is 70.0 Å². The smallest absolute Gasteiger partial charge is 0.150 e. The zero-order valence-electron chi connectivity index (χ0n) is 21.6. The summed E-state index contributed by atoms with van der Waals surface area (Å²) < 4.78 is 19.1. The maximum Gasteiger partial charge on any atom is 0.150 e. The summed E-state index contributed by atoms with van der Waals surface area (Å²) in [5.74, 6) is 0.818. The van der Waals surface area contributed by atoms with Gasteiger partial charge in [-0.3, -0.25) is 9.55 Å². The second kappa shape index (κ2) is 8.81. The average molecular weight is 545 g/mol. The van der Waals surface area contributed by atoms with Crippen LogP contribution in [0, 0.1) is 0 Å². The normalized spacial score (nSPS) is 13.4. The van der Waals surface area contributed by atoms with Crippen molar-refractivity contribution < 1.29 is 4.39 Å². The molecule has 0 fully saturated rings. The van der Waals surface area contributed by atoms with Crippen LogP contribution in [0.3, 0.4) is 0 Å². The lowest BCUT2D eigenvalue weighted by molar-refractivity contribution is 0.401. The summed E-state index contributed by atoms with van der Waals surface area (Å²) in [6.07, 6.45) is 4.26. The molecule has 0 spiro atoms. The van der Waals surface area contributed by atoms with E-state index in [4.69, 9.17) is 4.98 Å². The molecule has 0 saturated heterocycles. The SMILES string of the molecule is CC(C)(C)c1cc(Br)cc(C(F)c2ccc3c4cnccc4n(-c4cc(C(C)(C)C)ccn4)c3c2)c1. The Morgan fingerprint density at radius 3 is 2.22 bits per heavy atom. The summed E-state index contributed by atoms with van der Waals surface area (Å²) in [7, 11) is 0. The van der Waals surface area contributed by atoms with E-state index in [9.17, 15) is 0 Å². The Morgan fingerprint density at radius 2 is 1.50 bits per heavy atom. The molecule has 0 aliphatic heterocycles. The molecule has 2 aromatic carbocycles. The molecule has 0 aliphatic rings. The van der Waals surface area contributed by atoms with Gasteiger partial charge in [0.15, 0.2) is 6.17 Å². The van der Waals surface area contributed by atoms with E-state index in [1.54, 1.807) is 6.20 Å². The van der Waals surface area contributed by atoms with Crippen LogP contribution < -0.4 is 0 Å². The average Bonchev–Trinajstić information content (AvgIpc) is 3.16. The first-order valence-electron chi connectivity index (χ1n) is 12.2. The van der Waals surface area contributed by atoms with E-state index in [1.165, 1.54) is 5.56 Å². The Balaban J connectivity index is 1.71. The molecular formula is C31H31BrFN3. The summed E-state index contributed by atoms with van der Waals surface area (Å²) in [5, 5.41) is 2.05. The van der Waals surface area contributed by atoms with Gasteiger partial charge < -0.3 is 0 Å². The third kappa shape index (κ3) is 4.45. The lowest BCUT2D eigenvalue weighted by Crippen LogP contribution is -2.12. The van der Waals surface area contributed by atoms with Gasteiger partial charge in [0, 0.05) is 33.8 Å². The molecule has 3 heterocycles. The van der Waals surface area contributed by atoms with Crippen LogP contribution in [0.4, 0.5) is 4.39 Å². The minimum Gasteiger partial charge on any atom is -0.294 e. The second-order valence-corrected chi connectivity index (χ2v) is 12.5. The summed E-state index contributed by atoms with van der Waals surface area (Å²) in [6.45, 7) is 13.0. The summed E-state index contributed by atoms with van der Waals surface area (Å²) >= 11 is 3.59. The van der Waals surface area contributed by atoms with Crippen LogP contribution in [0.5, 0.6) is 0 Å². The minimum atomic E-state index is -1.26. The predicted octanol–water partition coefficient (Wildman–Crippen LogP) is 8.99. The molecule has 0 N–H and O–H groups in total. The highest BCUT2D eigenvalue weighted by Crippen LogP contribution is 2.37. The van der Waals surface area contributed by atoms with Crippen molar-refractivity contribution in [2.24, 2.45) is 0 Å². The lowest BCUT2D eigenvalue weighted by Gasteiger charge is -2.21. The Hall–Kier alpha value is -3.05. The van der Waals surface area contributed by atoms with E-state index in [0.717, 1.165) is 37.7 Å². The van der Waals surface area contributed by atoms with Gasteiger partial charge in [-0.15, -0.1) is 0 Å². The molecule has 3 nitrogen and oxygen atoms in total. The number of hydrogen-bond acceptors (Lipinski definition) is 2. The zero-order valence-corrected chi connectivity index (χ0v) is 23.2. The quantitative estimate of drug-likeness (QED) is 0.227. The molecule has 0 radical (unpaired) electrons. The standard InChI is InChI=1S/C31H31BrFN3/c1-30(2,3)21-9-12-35-28(17-21)36-26-10-11-34-18-25(26)24-8-7-19(15-27(24)36)29(33)20-13-22(31(4,5)6)16-23(32)14-20/h7-18,29H,1-6H3. The van der Waals surface area contributed by atoms with Crippen molar-refractivity contribution in [3.05, 3.63) is 99.9 Å². The first-order valence-corrected chi connectivity index (χ1v) is 13.0. The van der Waals surface area contributed by atoms with Crippen LogP contribution in [0.15, 0.2) is 77.7 Å². The molecular weight excluding hydrogens is 513 g/mol. The van der Waals surface area contributed by atoms with Gasteiger partial charge in [0.1, 0.15) is 5.82 Å². The first-order chi connectivity index (χ1) is 16.9. The minimum absolute atomic E-state index is 0.0152. The van der Waals surface area contributed by atoms with Gasteiger partial charge >= 0.3 is 0 Å². The van der Waals surface area contributed by atoms with Gasteiger partial charge in [-0.05, 0) is 69.5 Å². The largest absolute Gasteiger partial charge is 0.294 e. The fourth-order valence-electron chi connectivity index (χ4n) is 4.68. The molecule has 0 saturated carbocycles. The van der Waals surface area contributed by atoms with Gasteiger partial charge in [-0.25, -0.2) is 9.37 Å². The van der Waals surface area contributed by atoms with Crippen LogP contribution >= 0.6 is 15.9 Å². The summed E-state index contributed by atoms with van der Waals surface area (Å²) in [4.78, 5) is 9.08. The maximum absolute atomic E-state index is 16.1. The van der Waals surface area contributed by atoms with Crippen LogP contribution in [0.2, 0.25) is 0 Å². The van der Waals surface area contributed by atoms with Crippen molar-refractivity contribution in [1.29, 1.82) is 0 Å². The molecule has 5 rings (SSSR count). The number of hydrogen-bond donors (Lipinski definition) is 0. The molecule has 1 atom stereocenters. The van der Waals surface area contributed by atoms with Crippen LogP contribution in [-0.4, -0.2) is 14.5 Å². The number of fused-ring (bicyclic) bond motifs is 3. The molecule has 5 aromatic rings. The fraction of sp³-hybridized carbons (Fsp3) is 0.290. The van der Waals surface area contributed by atoms with E-state index >= 15 is 4.39 Å². The fourth-order valence-corrected chi connectivity index (χ4v) is 5.19. The number of halogens is 2. The molecule has 0 amide bonds. The van der Waals surface area contributed by atoms with Crippen molar-refractivity contribution in [2.45, 2.75) is 58.5 Å². The molecule has 36 heavy (non-hydrogen) atoms. The van der Waals surface area contributed by atoms with Crippen LogP contribution in [-0.2, 0) is 10.8 Å². The van der Waals surface area contributed by atoms with Gasteiger partial charge in [0.05, 0.1) is 11.0 Å². The summed E-state index contributed by atoms with van der Waals surface area (Å²) in [5.41, 5.74) is 5.38. The third-order valence-electron chi connectivity index (χ3n) is 6.80. The van der Waals surface area contributed by atoms with E-state index < -0.39 is 6.17 Å². The van der Waals surface area contributed by atoms with Crippen molar-refractivity contribution in [3.63, 3.8) is 0 Å². The van der Waals surface area contributed by atoms with Crippen molar-refractivity contribution in [1.82, 2.24) is 14.5 Å². The van der Waals surface area contributed by atoms with E-state index in [0.29, 0.717) is 11.1 Å². The topological polar surface area (TPSA) is 30.7 Å². The number of alkyl halides is 1. The first kappa shape index (κ1) is 24.6. The van der Waals surface area contributed by atoms with Crippen LogP contribution in [0.25, 0.3) is 27.6 Å². The highest BCUT2D eigenvalue weighted by Gasteiger charge is 2.22. The molecule has 0 bridgehead atoms. The maximum atomic E-state index is 16.1. The number of pyridine rings is 2. The van der Waals surface area contributed by atoms with Gasteiger partial charge in [-0.2, -0.15) is 0 Å². The lowest BCUT2D eigenvalue weighted by atomic mass is 9.85. The van der Waals surface area contributed by atoms with Gasteiger partial charge in [0.2, 0.25) is 0 Å². The van der Waals surface area contributed by atoms with Crippen molar-refractivity contribution in [3.8, 4) is 5.82 Å². The molecule has 184 valence electrons. The number of nitrogens with zero attached hydrogens (tertiary/aromatic N) is 3. The van der Waals surface area contributed by atoms with E-state index in [1.807, 2.05) is 48.8 Å². The molecule has 1 unspecified atom stereocenters.